The fraction of sp³-hybridized carbons (Fsp3) is 0.200. The summed E-state index contributed by atoms with van der Waals surface area (Å²) in [6.07, 6.45) is 0. The third kappa shape index (κ3) is 2.85. The van der Waals surface area contributed by atoms with Crippen molar-refractivity contribution in [2.75, 3.05) is 7.11 Å². The zero-order valence-corrected chi connectivity index (χ0v) is 12.9. The van der Waals surface area contributed by atoms with Gasteiger partial charge in [-0.3, -0.25) is 5.84 Å². The van der Waals surface area contributed by atoms with Gasteiger partial charge in [0, 0.05) is 10.0 Å². The van der Waals surface area contributed by atoms with Crippen LogP contribution < -0.4 is 16.0 Å². The van der Waals surface area contributed by atoms with Crippen LogP contribution in [0.25, 0.3) is 0 Å². The number of aryl methyl sites for hydroxylation is 1. The average Bonchev–Trinajstić information content (AvgIpc) is 2.43. The highest BCUT2D eigenvalue weighted by atomic mass is 79.9. The van der Waals surface area contributed by atoms with Crippen molar-refractivity contribution in [2.24, 2.45) is 5.84 Å². The fourth-order valence-corrected chi connectivity index (χ4v) is 2.79. The summed E-state index contributed by atoms with van der Waals surface area (Å²) in [6, 6.07) is 10.0. The second-order valence-electron chi connectivity index (χ2n) is 4.46. The Balaban J connectivity index is 2.53. The van der Waals surface area contributed by atoms with Gasteiger partial charge in [-0.2, -0.15) is 0 Å². The summed E-state index contributed by atoms with van der Waals surface area (Å²) in [4.78, 5) is 0. The monoisotopic (exact) mass is 338 g/mol. The van der Waals surface area contributed by atoms with Crippen LogP contribution in [0.1, 0.15) is 22.7 Å². The first-order chi connectivity index (χ1) is 9.58. The van der Waals surface area contributed by atoms with E-state index in [2.05, 4.69) is 21.4 Å². The molecule has 3 nitrogen and oxygen atoms in total. The van der Waals surface area contributed by atoms with Crippen LogP contribution in [0.4, 0.5) is 4.39 Å². The van der Waals surface area contributed by atoms with E-state index in [4.69, 9.17) is 10.6 Å². The van der Waals surface area contributed by atoms with Crippen molar-refractivity contribution < 1.29 is 9.13 Å². The zero-order valence-electron chi connectivity index (χ0n) is 11.3. The van der Waals surface area contributed by atoms with E-state index in [9.17, 15) is 4.39 Å². The predicted molar refractivity (Wildman–Crippen MR) is 81.0 cm³/mol. The Morgan fingerprint density at radius 1 is 1.30 bits per heavy atom. The van der Waals surface area contributed by atoms with Crippen molar-refractivity contribution in [1.29, 1.82) is 0 Å². The largest absolute Gasteiger partial charge is 0.497 e. The fourth-order valence-electron chi connectivity index (χ4n) is 2.21. The minimum absolute atomic E-state index is 0.308. The smallest absolute Gasteiger partial charge is 0.129 e. The Labute approximate surface area is 126 Å². The van der Waals surface area contributed by atoms with E-state index < -0.39 is 6.04 Å². The number of methoxy groups -OCH3 is 1. The van der Waals surface area contributed by atoms with Crippen molar-refractivity contribution in [3.8, 4) is 5.75 Å². The van der Waals surface area contributed by atoms with E-state index in [1.165, 1.54) is 6.07 Å². The number of hydrazine groups is 1. The standard InChI is InChI=1S/C15H16BrFN2O/c1-9-8-10(20-2)6-7-11(9)15(19-18)14-12(16)4-3-5-13(14)17/h3-8,15,19H,18H2,1-2H3. The number of hydrogen-bond acceptors (Lipinski definition) is 3. The molecule has 106 valence electrons. The molecule has 0 aliphatic rings. The summed E-state index contributed by atoms with van der Waals surface area (Å²) in [5.41, 5.74) is 5.05. The van der Waals surface area contributed by atoms with Gasteiger partial charge in [0.15, 0.2) is 0 Å². The Morgan fingerprint density at radius 2 is 2.05 bits per heavy atom. The molecular formula is C15H16BrFN2O. The molecule has 0 aliphatic carbocycles. The van der Waals surface area contributed by atoms with Gasteiger partial charge >= 0.3 is 0 Å². The van der Waals surface area contributed by atoms with E-state index >= 15 is 0 Å². The van der Waals surface area contributed by atoms with Crippen molar-refractivity contribution >= 4 is 15.9 Å². The maximum Gasteiger partial charge on any atom is 0.129 e. The summed E-state index contributed by atoms with van der Waals surface area (Å²) >= 11 is 3.38. The second kappa shape index (κ2) is 6.35. The van der Waals surface area contributed by atoms with Gasteiger partial charge in [-0.25, -0.2) is 9.82 Å². The number of halogens is 2. The molecule has 2 aromatic carbocycles. The lowest BCUT2D eigenvalue weighted by Crippen LogP contribution is -2.30. The molecule has 5 heteroatoms. The van der Waals surface area contributed by atoms with Gasteiger partial charge in [-0.15, -0.1) is 0 Å². The minimum atomic E-state index is -0.434. The van der Waals surface area contributed by atoms with Gasteiger partial charge in [-0.05, 0) is 42.3 Å². The van der Waals surface area contributed by atoms with E-state index in [0.29, 0.717) is 10.0 Å². The van der Waals surface area contributed by atoms with E-state index in [1.807, 2.05) is 25.1 Å². The lowest BCUT2D eigenvalue weighted by atomic mass is 9.95. The van der Waals surface area contributed by atoms with Gasteiger partial charge in [0.1, 0.15) is 11.6 Å². The molecule has 3 N–H and O–H groups in total. The molecule has 0 saturated carbocycles. The van der Waals surface area contributed by atoms with Crippen molar-refractivity contribution in [3.63, 3.8) is 0 Å². The molecule has 0 heterocycles. The zero-order chi connectivity index (χ0) is 14.7. The lowest BCUT2D eigenvalue weighted by molar-refractivity contribution is 0.414. The number of hydrogen-bond donors (Lipinski definition) is 2. The molecule has 0 saturated heterocycles. The van der Waals surface area contributed by atoms with E-state index in [0.717, 1.165) is 16.9 Å². The Kier molecular flexibility index (Phi) is 4.75. The predicted octanol–water partition coefficient (Wildman–Crippen LogP) is 3.46. The summed E-state index contributed by atoms with van der Waals surface area (Å²) in [5.74, 6) is 6.10. The maximum absolute atomic E-state index is 14.1. The first kappa shape index (κ1) is 15.0. The van der Waals surface area contributed by atoms with Crippen LogP contribution in [0.3, 0.4) is 0 Å². The highest BCUT2D eigenvalue weighted by molar-refractivity contribution is 9.10. The topological polar surface area (TPSA) is 47.3 Å². The molecular weight excluding hydrogens is 323 g/mol. The number of ether oxygens (including phenoxy) is 1. The van der Waals surface area contributed by atoms with E-state index in [1.54, 1.807) is 19.2 Å². The van der Waals surface area contributed by atoms with Crippen LogP contribution in [0.5, 0.6) is 5.75 Å². The SMILES string of the molecule is COc1ccc(C(NN)c2c(F)cccc2Br)c(C)c1. The molecule has 1 atom stereocenters. The van der Waals surface area contributed by atoms with Gasteiger partial charge in [0.2, 0.25) is 0 Å². The number of rotatable bonds is 4. The third-order valence-electron chi connectivity index (χ3n) is 3.24. The number of benzene rings is 2. The normalized spacial score (nSPS) is 12.2. The number of nitrogens with two attached hydrogens (primary N) is 1. The molecule has 2 aromatic rings. The molecule has 0 aliphatic heterocycles. The molecule has 1 unspecified atom stereocenters. The van der Waals surface area contributed by atoms with Gasteiger partial charge in [0.25, 0.3) is 0 Å². The summed E-state index contributed by atoms with van der Waals surface area (Å²) in [7, 11) is 1.61. The van der Waals surface area contributed by atoms with Crippen LogP contribution in [0.15, 0.2) is 40.9 Å². The van der Waals surface area contributed by atoms with Crippen LogP contribution in [0.2, 0.25) is 0 Å². The quantitative estimate of drug-likeness (QED) is 0.663. The molecule has 20 heavy (non-hydrogen) atoms. The molecule has 0 radical (unpaired) electrons. The molecule has 0 fully saturated rings. The molecule has 2 rings (SSSR count). The van der Waals surface area contributed by atoms with Crippen LogP contribution in [-0.4, -0.2) is 7.11 Å². The summed E-state index contributed by atoms with van der Waals surface area (Å²) in [6.45, 7) is 1.94. The van der Waals surface area contributed by atoms with Crippen molar-refractivity contribution in [1.82, 2.24) is 5.43 Å². The van der Waals surface area contributed by atoms with E-state index in [-0.39, 0.29) is 5.82 Å². The van der Waals surface area contributed by atoms with Gasteiger partial charge < -0.3 is 4.74 Å². The van der Waals surface area contributed by atoms with Crippen LogP contribution in [0, 0.1) is 12.7 Å². The Bertz CT molecular complexity index is 599. The molecule has 0 spiro atoms. The highest BCUT2D eigenvalue weighted by Gasteiger charge is 2.21. The van der Waals surface area contributed by atoms with Crippen molar-refractivity contribution in [3.05, 3.63) is 63.4 Å². The Hall–Kier alpha value is -1.43. The first-order valence-corrected chi connectivity index (χ1v) is 6.92. The van der Waals surface area contributed by atoms with Crippen LogP contribution in [-0.2, 0) is 0 Å². The van der Waals surface area contributed by atoms with Crippen molar-refractivity contribution in [2.45, 2.75) is 13.0 Å². The molecule has 0 amide bonds. The molecule has 0 bridgehead atoms. The summed E-state index contributed by atoms with van der Waals surface area (Å²) in [5, 5.41) is 0. The third-order valence-corrected chi connectivity index (χ3v) is 3.93. The second-order valence-corrected chi connectivity index (χ2v) is 5.31. The lowest BCUT2D eigenvalue weighted by Gasteiger charge is -2.21. The number of nitrogens with one attached hydrogen (secondary N) is 1. The Morgan fingerprint density at radius 3 is 2.60 bits per heavy atom. The maximum atomic E-state index is 14.1. The first-order valence-electron chi connectivity index (χ1n) is 6.13. The minimum Gasteiger partial charge on any atom is -0.497 e. The van der Waals surface area contributed by atoms with Crippen LogP contribution >= 0.6 is 15.9 Å². The van der Waals surface area contributed by atoms with Gasteiger partial charge in [-0.1, -0.05) is 28.1 Å². The summed E-state index contributed by atoms with van der Waals surface area (Å²) < 4.78 is 20.0. The average molecular weight is 339 g/mol. The van der Waals surface area contributed by atoms with Gasteiger partial charge in [0.05, 0.1) is 13.2 Å². The highest BCUT2D eigenvalue weighted by Crippen LogP contribution is 2.33. The molecule has 0 aromatic heterocycles.